The van der Waals surface area contributed by atoms with Crippen molar-refractivity contribution in [3.63, 3.8) is 0 Å². The monoisotopic (exact) mass is 257 g/mol. The molecule has 1 rings (SSSR count). The molecular weight excluding hydrogens is 238 g/mol. The highest BCUT2D eigenvalue weighted by molar-refractivity contribution is 7.99. The highest BCUT2D eigenvalue weighted by Crippen LogP contribution is 2.23. The van der Waals surface area contributed by atoms with Crippen LogP contribution in [0, 0.1) is 6.92 Å². The third-order valence-corrected chi connectivity index (χ3v) is 3.58. The molecule has 1 atom stereocenters. The van der Waals surface area contributed by atoms with E-state index in [9.17, 15) is 4.79 Å². The molecule has 0 amide bonds. The number of nitrogens with one attached hydrogen (secondary N) is 1. The van der Waals surface area contributed by atoms with Crippen LogP contribution in [0.25, 0.3) is 0 Å². The maximum Gasteiger partial charge on any atom is 0.323 e. The van der Waals surface area contributed by atoms with Gasteiger partial charge in [0.2, 0.25) is 0 Å². The molecule has 0 aliphatic rings. The molecule has 0 aliphatic carbocycles. The summed E-state index contributed by atoms with van der Waals surface area (Å²) in [6, 6.07) is 1.65. The zero-order valence-electron chi connectivity index (χ0n) is 10.5. The van der Waals surface area contributed by atoms with E-state index in [-0.39, 0.29) is 12.0 Å². The Kier molecular flexibility index (Phi) is 6.15. The Bertz CT molecular complexity index is 351. The summed E-state index contributed by atoms with van der Waals surface area (Å²) in [7, 11) is 1.41. The second-order valence-corrected chi connectivity index (χ2v) is 4.74. The van der Waals surface area contributed by atoms with E-state index in [0.717, 1.165) is 23.6 Å². The van der Waals surface area contributed by atoms with Crippen LogP contribution in [0.3, 0.4) is 0 Å². The molecule has 1 aromatic heterocycles. The van der Waals surface area contributed by atoms with Crippen molar-refractivity contribution in [1.82, 2.24) is 5.32 Å². The minimum Gasteiger partial charge on any atom is -0.468 e. The fraction of sp³-hybridized carbons (Fsp3) is 0.583. The van der Waals surface area contributed by atoms with Gasteiger partial charge in [-0.1, -0.05) is 6.92 Å². The van der Waals surface area contributed by atoms with Gasteiger partial charge in [0.05, 0.1) is 13.4 Å². The average molecular weight is 257 g/mol. The molecular formula is C12H19NO3S. The Labute approximate surface area is 106 Å². The third-order valence-electron chi connectivity index (χ3n) is 2.34. The van der Waals surface area contributed by atoms with Crippen molar-refractivity contribution in [2.24, 2.45) is 0 Å². The van der Waals surface area contributed by atoms with Crippen molar-refractivity contribution in [3.05, 3.63) is 18.1 Å². The summed E-state index contributed by atoms with van der Waals surface area (Å²) in [4.78, 5) is 12.6. The summed E-state index contributed by atoms with van der Waals surface area (Å²) in [6.45, 7) is 4.79. The molecule has 96 valence electrons. The summed E-state index contributed by atoms with van der Waals surface area (Å²) in [6.07, 6.45) is 2.65. The number of furan rings is 1. The molecule has 4 nitrogen and oxygen atoms in total. The zero-order valence-corrected chi connectivity index (χ0v) is 11.3. The first-order valence-electron chi connectivity index (χ1n) is 5.67. The van der Waals surface area contributed by atoms with Crippen molar-refractivity contribution in [1.29, 1.82) is 0 Å². The summed E-state index contributed by atoms with van der Waals surface area (Å²) < 4.78 is 9.98. The molecule has 0 saturated carbocycles. The Morgan fingerprint density at radius 1 is 1.65 bits per heavy atom. The topological polar surface area (TPSA) is 51.5 Å². The second-order valence-electron chi connectivity index (χ2n) is 3.68. The van der Waals surface area contributed by atoms with Gasteiger partial charge in [0.15, 0.2) is 0 Å². The molecule has 0 aromatic carbocycles. The number of thioether (sulfide) groups is 1. The summed E-state index contributed by atoms with van der Waals surface area (Å²) in [5.41, 5.74) is 0. The Morgan fingerprint density at radius 3 is 2.94 bits per heavy atom. The lowest BCUT2D eigenvalue weighted by Crippen LogP contribution is -2.40. The second kappa shape index (κ2) is 7.40. The molecule has 0 fully saturated rings. The van der Waals surface area contributed by atoms with Crippen molar-refractivity contribution >= 4 is 17.7 Å². The molecule has 1 aromatic rings. The molecule has 0 bridgehead atoms. The SMILES string of the molecule is CCCNC(CSc1ccoc1C)C(=O)OC. The lowest BCUT2D eigenvalue weighted by molar-refractivity contribution is -0.142. The lowest BCUT2D eigenvalue weighted by Gasteiger charge is -2.15. The van der Waals surface area contributed by atoms with Gasteiger partial charge >= 0.3 is 5.97 Å². The number of esters is 1. The molecule has 1 N–H and O–H groups in total. The van der Waals surface area contributed by atoms with Crippen LogP contribution < -0.4 is 5.32 Å². The number of hydrogen-bond acceptors (Lipinski definition) is 5. The average Bonchev–Trinajstić information content (AvgIpc) is 2.74. The summed E-state index contributed by atoms with van der Waals surface area (Å²) in [5, 5.41) is 3.18. The number of aryl methyl sites for hydroxylation is 1. The van der Waals surface area contributed by atoms with Crippen LogP contribution in [0.4, 0.5) is 0 Å². The van der Waals surface area contributed by atoms with Crippen LogP contribution >= 0.6 is 11.8 Å². The van der Waals surface area contributed by atoms with E-state index in [2.05, 4.69) is 12.2 Å². The standard InChI is InChI=1S/C12H19NO3S/c1-4-6-13-10(12(14)15-3)8-17-11-5-7-16-9(11)2/h5,7,10,13H,4,6,8H2,1-3H3. The van der Waals surface area contributed by atoms with Crippen molar-refractivity contribution in [2.45, 2.75) is 31.2 Å². The molecule has 0 radical (unpaired) electrons. The van der Waals surface area contributed by atoms with E-state index in [4.69, 9.17) is 9.15 Å². The number of hydrogen-bond donors (Lipinski definition) is 1. The first-order chi connectivity index (χ1) is 8.19. The fourth-order valence-electron chi connectivity index (χ4n) is 1.37. The summed E-state index contributed by atoms with van der Waals surface area (Å²) >= 11 is 1.60. The van der Waals surface area contributed by atoms with E-state index in [1.54, 1.807) is 18.0 Å². The van der Waals surface area contributed by atoms with E-state index >= 15 is 0 Å². The van der Waals surface area contributed by atoms with Crippen LogP contribution in [0.1, 0.15) is 19.1 Å². The minimum atomic E-state index is -0.265. The van der Waals surface area contributed by atoms with Crippen molar-refractivity contribution < 1.29 is 13.9 Å². The van der Waals surface area contributed by atoms with Gasteiger partial charge in [0, 0.05) is 10.6 Å². The van der Waals surface area contributed by atoms with Gasteiger partial charge < -0.3 is 14.5 Å². The highest BCUT2D eigenvalue weighted by atomic mass is 32.2. The van der Waals surface area contributed by atoms with E-state index < -0.39 is 0 Å². The Morgan fingerprint density at radius 2 is 2.41 bits per heavy atom. The molecule has 0 saturated heterocycles. The van der Waals surface area contributed by atoms with Crippen LogP contribution in [0.5, 0.6) is 0 Å². The number of ether oxygens (including phenoxy) is 1. The normalized spacial score (nSPS) is 12.4. The summed E-state index contributed by atoms with van der Waals surface area (Å²) in [5.74, 6) is 1.31. The fourth-order valence-corrected chi connectivity index (χ4v) is 2.37. The van der Waals surface area contributed by atoms with Crippen LogP contribution in [-0.4, -0.2) is 31.4 Å². The molecule has 5 heteroatoms. The Hall–Kier alpha value is -0.940. The van der Waals surface area contributed by atoms with E-state index in [1.807, 2.05) is 13.0 Å². The zero-order chi connectivity index (χ0) is 12.7. The van der Waals surface area contributed by atoms with Crippen LogP contribution in [-0.2, 0) is 9.53 Å². The minimum absolute atomic E-state index is 0.216. The maximum absolute atomic E-state index is 11.5. The van der Waals surface area contributed by atoms with Gasteiger partial charge in [-0.3, -0.25) is 4.79 Å². The quantitative estimate of drug-likeness (QED) is 0.599. The van der Waals surface area contributed by atoms with E-state index in [0.29, 0.717) is 5.75 Å². The smallest absolute Gasteiger partial charge is 0.323 e. The molecule has 0 aliphatic heterocycles. The number of rotatable bonds is 7. The van der Waals surface area contributed by atoms with Gasteiger partial charge in [0.1, 0.15) is 11.8 Å². The van der Waals surface area contributed by atoms with Gasteiger partial charge in [-0.2, -0.15) is 0 Å². The molecule has 17 heavy (non-hydrogen) atoms. The number of methoxy groups -OCH3 is 1. The van der Waals surface area contributed by atoms with Crippen molar-refractivity contribution in [2.75, 3.05) is 19.4 Å². The molecule has 1 unspecified atom stereocenters. The third kappa shape index (κ3) is 4.44. The predicted molar refractivity (Wildman–Crippen MR) is 68.3 cm³/mol. The highest BCUT2D eigenvalue weighted by Gasteiger charge is 2.19. The first-order valence-corrected chi connectivity index (χ1v) is 6.65. The van der Waals surface area contributed by atoms with Gasteiger partial charge in [-0.05, 0) is 26.0 Å². The van der Waals surface area contributed by atoms with Gasteiger partial charge in [-0.25, -0.2) is 0 Å². The Balaban J connectivity index is 2.48. The van der Waals surface area contributed by atoms with Crippen molar-refractivity contribution in [3.8, 4) is 0 Å². The maximum atomic E-state index is 11.5. The lowest BCUT2D eigenvalue weighted by atomic mass is 10.3. The number of carbonyl (C=O) groups excluding carboxylic acids is 1. The molecule has 0 spiro atoms. The predicted octanol–water partition coefficient (Wildman–Crippen LogP) is 2.22. The van der Waals surface area contributed by atoms with E-state index in [1.165, 1.54) is 7.11 Å². The number of carbonyl (C=O) groups is 1. The van der Waals surface area contributed by atoms with Crippen LogP contribution in [0.15, 0.2) is 21.6 Å². The van der Waals surface area contributed by atoms with Gasteiger partial charge in [-0.15, -0.1) is 11.8 Å². The molecule has 1 heterocycles. The largest absolute Gasteiger partial charge is 0.468 e. The van der Waals surface area contributed by atoms with Gasteiger partial charge in [0.25, 0.3) is 0 Å². The first kappa shape index (κ1) is 14.1. The van der Waals surface area contributed by atoms with Crippen LogP contribution in [0.2, 0.25) is 0 Å².